The highest BCUT2D eigenvalue weighted by Crippen LogP contribution is 2.40. The molecule has 0 saturated carbocycles. The molecule has 0 saturated heterocycles. The molecule has 5 aromatic carbocycles. The summed E-state index contributed by atoms with van der Waals surface area (Å²) < 4.78 is 0. The van der Waals surface area contributed by atoms with Gasteiger partial charge in [-0.25, -0.2) is 0 Å². The van der Waals surface area contributed by atoms with Gasteiger partial charge >= 0.3 is 0 Å². The van der Waals surface area contributed by atoms with Gasteiger partial charge in [-0.2, -0.15) is 0 Å². The fourth-order valence-electron chi connectivity index (χ4n) is 4.41. The summed E-state index contributed by atoms with van der Waals surface area (Å²) >= 11 is 0. The Bertz CT molecular complexity index is 1330. The third-order valence-electron chi connectivity index (χ3n) is 5.97. The van der Waals surface area contributed by atoms with Crippen molar-refractivity contribution in [1.29, 1.82) is 0 Å². The molecule has 0 unspecified atom stereocenters. The molecule has 0 aliphatic rings. The second-order valence-corrected chi connectivity index (χ2v) is 9.10. The van der Waals surface area contributed by atoms with Crippen molar-refractivity contribution in [2.45, 2.75) is 26.2 Å². The van der Waals surface area contributed by atoms with Crippen molar-refractivity contribution in [3.63, 3.8) is 0 Å². The summed E-state index contributed by atoms with van der Waals surface area (Å²) in [5.41, 5.74) is 6.59. The normalized spacial score (nSPS) is 11.8. The van der Waals surface area contributed by atoms with Gasteiger partial charge in [0.25, 0.3) is 0 Å². The molecule has 0 heterocycles. The molecule has 0 amide bonds. The summed E-state index contributed by atoms with van der Waals surface area (Å²) in [7, 11) is 0. The van der Waals surface area contributed by atoms with E-state index in [-0.39, 0.29) is 5.41 Å². The maximum Gasteiger partial charge on any atom is -0.00677 e. The van der Waals surface area contributed by atoms with E-state index in [0.29, 0.717) is 0 Å². The smallest absolute Gasteiger partial charge is 0.00677 e. The van der Waals surface area contributed by atoms with E-state index in [1.165, 1.54) is 49.4 Å². The van der Waals surface area contributed by atoms with Gasteiger partial charge in [-0.1, -0.05) is 112 Å². The topological polar surface area (TPSA) is 0 Å². The van der Waals surface area contributed by atoms with Gasteiger partial charge in [0.15, 0.2) is 0 Å². The molecule has 5 aromatic rings. The predicted octanol–water partition coefficient (Wildman–Crippen LogP) is 8.62. The number of fused-ring (bicyclic) bond motifs is 2. The summed E-state index contributed by atoms with van der Waals surface area (Å²) in [5.74, 6) is 0. The van der Waals surface area contributed by atoms with Crippen LogP contribution in [0.5, 0.6) is 0 Å². The Labute approximate surface area is 178 Å². The van der Waals surface area contributed by atoms with Crippen LogP contribution in [0.4, 0.5) is 0 Å². The van der Waals surface area contributed by atoms with E-state index >= 15 is 0 Å². The van der Waals surface area contributed by atoms with Crippen LogP contribution in [0.1, 0.15) is 26.3 Å². The third kappa shape index (κ3) is 3.29. The molecule has 0 N–H and O–H groups in total. The van der Waals surface area contributed by atoms with Crippen LogP contribution in [0.2, 0.25) is 0 Å². The van der Waals surface area contributed by atoms with Crippen molar-refractivity contribution in [1.82, 2.24) is 0 Å². The standard InChI is InChI=1S/C30H26/c1-30(2,3)28-18-17-26-19-24-11-7-8-12-25(24)20-27(26)29(28)23-15-13-22(14-16-23)21-9-5-4-6-10-21/h4-20H,1-3H3. The van der Waals surface area contributed by atoms with Crippen LogP contribution < -0.4 is 0 Å². The molecule has 0 fully saturated rings. The lowest BCUT2D eigenvalue weighted by Crippen LogP contribution is -2.13. The Balaban J connectivity index is 1.76. The SMILES string of the molecule is CC(C)(C)c1ccc2cc3ccccc3cc2c1-c1ccc(-c2ccccc2)cc1. The maximum absolute atomic E-state index is 2.36. The Kier molecular flexibility index (Phi) is 4.44. The van der Waals surface area contributed by atoms with Crippen LogP contribution in [-0.4, -0.2) is 0 Å². The summed E-state index contributed by atoms with van der Waals surface area (Å²) in [6.45, 7) is 6.91. The Hall–Kier alpha value is -3.38. The first-order valence-corrected chi connectivity index (χ1v) is 10.6. The summed E-state index contributed by atoms with van der Waals surface area (Å²) in [5, 5.41) is 5.20. The Morgan fingerprint density at radius 1 is 0.467 bits per heavy atom. The largest absolute Gasteiger partial charge is 0.0622 e. The van der Waals surface area contributed by atoms with Gasteiger partial charge in [-0.3, -0.25) is 0 Å². The van der Waals surface area contributed by atoms with E-state index in [4.69, 9.17) is 0 Å². The monoisotopic (exact) mass is 386 g/mol. The minimum Gasteiger partial charge on any atom is -0.0622 e. The lowest BCUT2D eigenvalue weighted by molar-refractivity contribution is 0.593. The first-order valence-electron chi connectivity index (χ1n) is 10.6. The number of hydrogen-bond acceptors (Lipinski definition) is 0. The Morgan fingerprint density at radius 3 is 1.70 bits per heavy atom. The van der Waals surface area contributed by atoms with Crippen molar-refractivity contribution in [2.24, 2.45) is 0 Å². The molecule has 0 bridgehead atoms. The van der Waals surface area contributed by atoms with Gasteiger partial charge in [0.1, 0.15) is 0 Å². The molecule has 5 rings (SSSR count). The first-order chi connectivity index (χ1) is 14.5. The predicted molar refractivity (Wildman–Crippen MR) is 131 cm³/mol. The lowest BCUT2D eigenvalue weighted by atomic mass is 9.79. The minimum absolute atomic E-state index is 0.0628. The van der Waals surface area contributed by atoms with E-state index in [1.807, 2.05) is 0 Å². The van der Waals surface area contributed by atoms with Crippen LogP contribution in [0.15, 0.2) is 103 Å². The zero-order valence-corrected chi connectivity index (χ0v) is 17.8. The van der Waals surface area contributed by atoms with Crippen LogP contribution in [0.3, 0.4) is 0 Å². The van der Waals surface area contributed by atoms with E-state index < -0.39 is 0 Å². The third-order valence-corrected chi connectivity index (χ3v) is 5.97. The van der Waals surface area contributed by atoms with E-state index in [9.17, 15) is 0 Å². The molecule has 0 aliphatic heterocycles. The van der Waals surface area contributed by atoms with Crippen LogP contribution in [0, 0.1) is 0 Å². The lowest BCUT2D eigenvalue weighted by Gasteiger charge is -2.25. The van der Waals surface area contributed by atoms with Crippen molar-refractivity contribution in [3.05, 3.63) is 109 Å². The van der Waals surface area contributed by atoms with Crippen LogP contribution in [-0.2, 0) is 5.41 Å². The molecule has 0 atom stereocenters. The van der Waals surface area contributed by atoms with Gasteiger partial charge in [0.05, 0.1) is 0 Å². The zero-order chi connectivity index (χ0) is 20.7. The second kappa shape index (κ2) is 7.15. The second-order valence-electron chi connectivity index (χ2n) is 9.10. The van der Waals surface area contributed by atoms with Crippen LogP contribution >= 0.6 is 0 Å². The average molecular weight is 387 g/mol. The minimum atomic E-state index is 0.0628. The summed E-state index contributed by atoms with van der Waals surface area (Å²) in [4.78, 5) is 0. The zero-order valence-electron chi connectivity index (χ0n) is 17.8. The average Bonchev–Trinajstić information content (AvgIpc) is 2.77. The Morgan fingerprint density at radius 2 is 1.03 bits per heavy atom. The van der Waals surface area contributed by atoms with E-state index in [2.05, 4.69) is 124 Å². The maximum atomic E-state index is 2.36. The van der Waals surface area contributed by atoms with Gasteiger partial charge in [-0.05, 0) is 66.9 Å². The fraction of sp³-hybridized carbons (Fsp3) is 0.133. The highest BCUT2D eigenvalue weighted by atomic mass is 14.2. The van der Waals surface area contributed by atoms with E-state index in [0.717, 1.165) is 0 Å². The molecule has 0 spiro atoms. The van der Waals surface area contributed by atoms with Crippen molar-refractivity contribution in [3.8, 4) is 22.3 Å². The van der Waals surface area contributed by atoms with Gasteiger partial charge in [-0.15, -0.1) is 0 Å². The molecule has 0 nitrogen and oxygen atoms in total. The molecule has 30 heavy (non-hydrogen) atoms. The number of benzene rings is 5. The van der Waals surface area contributed by atoms with Gasteiger partial charge in [0, 0.05) is 0 Å². The number of hydrogen-bond donors (Lipinski definition) is 0. The highest BCUT2D eigenvalue weighted by molar-refractivity contribution is 6.06. The molecular formula is C30H26. The highest BCUT2D eigenvalue weighted by Gasteiger charge is 2.21. The van der Waals surface area contributed by atoms with Crippen molar-refractivity contribution in [2.75, 3.05) is 0 Å². The molecule has 0 radical (unpaired) electrons. The van der Waals surface area contributed by atoms with Gasteiger partial charge < -0.3 is 0 Å². The quantitative estimate of drug-likeness (QED) is 0.266. The summed E-state index contributed by atoms with van der Waals surface area (Å²) in [6.07, 6.45) is 0. The molecular weight excluding hydrogens is 360 g/mol. The number of rotatable bonds is 2. The fourth-order valence-corrected chi connectivity index (χ4v) is 4.41. The van der Waals surface area contributed by atoms with Crippen LogP contribution in [0.25, 0.3) is 43.8 Å². The van der Waals surface area contributed by atoms with Gasteiger partial charge in [0.2, 0.25) is 0 Å². The molecule has 0 aromatic heterocycles. The first kappa shape index (κ1) is 18.6. The van der Waals surface area contributed by atoms with E-state index in [1.54, 1.807) is 0 Å². The van der Waals surface area contributed by atoms with Crippen molar-refractivity contribution >= 4 is 21.5 Å². The van der Waals surface area contributed by atoms with Crippen molar-refractivity contribution < 1.29 is 0 Å². The molecule has 0 aliphatic carbocycles. The summed E-state index contributed by atoms with van der Waals surface area (Å²) in [6, 6.07) is 37.6. The molecule has 146 valence electrons. The molecule has 0 heteroatoms.